The van der Waals surface area contributed by atoms with Crippen LogP contribution in [0.5, 0.6) is 5.75 Å². The van der Waals surface area contributed by atoms with Gasteiger partial charge in [0.15, 0.2) is 5.75 Å². The van der Waals surface area contributed by atoms with Gasteiger partial charge in [0.25, 0.3) is 5.91 Å². The molecule has 0 saturated heterocycles. The molecule has 0 aromatic heterocycles. The molecule has 0 fully saturated rings. The van der Waals surface area contributed by atoms with Crippen LogP contribution >= 0.6 is 0 Å². The summed E-state index contributed by atoms with van der Waals surface area (Å²) in [4.78, 5) is 24.4. The standard InChI is InChI=1S/C20H13F2NO3/c21-15-9-5-13(6-10-15)19(24)23-17-3-1-2-4-18(17)26-20(25)14-7-11-16(22)12-8-14/h1-12H,(H,23,24). The van der Waals surface area contributed by atoms with Crippen LogP contribution < -0.4 is 10.1 Å². The van der Waals surface area contributed by atoms with Gasteiger partial charge in [0.2, 0.25) is 0 Å². The van der Waals surface area contributed by atoms with Gasteiger partial charge in [0.1, 0.15) is 11.6 Å². The molecule has 0 bridgehead atoms. The van der Waals surface area contributed by atoms with Gasteiger partial charge in [-0.25, -0.2) is 13.6 Å². The van der Waals surface area contributed by atoms with E-state index in [1.807, 2.05) is 0 Å². The number of nitrogens with one attached hydrogen (secondary N) is 1. The lowest BCUT2D eigenvalue weighted by Crippen LogP contribution is -2.15. The molecule has 0 aliphatic rings. The van der Waals surface area contributed by atoms with Crippen LogP contribution in [0, 0.1) is 11.6 Å². The maximum Gasteiger partial charge on any atom is 0.343 e. The van der Waals surface area contributed by atoms with Crippen LogP contribution in [0.25, 0.3) is 0 Å². The van der Waals surface area contributed by atoms with Crippen molar-refractivity contribution < 1.29 is 23.1 Å². The molecule has 6 heteroatoms. The van der Waals surface area contributed by atoms with Crippen molar-refractivity contribution in [2.45, 2.75) is 0 Å². The van der Waals surface area contributed by atoms with E-state index in [-0.39, 0.29) is 22.6 Å². The Morgan fingerprint density at radius 2 is 1.27 bits per heavy atom. The van der Waals surface area contributed by atoms with Crippen LogP contribution in [0.3, 0.4) is 0 Å². The fourth-order valence-corrected chi connectivity index (χ4v) is 2.20. The van der Waals surface area contributed by atoms with Crippen molar-refractivity contribution >= 4 is 17.6 Å². The lowest BCUT2D eigenvalue weighted by Gasteiger charge is -2.11. The highest BCUT2D eigenvalue weighted by Crippen LogP contribution is 2.25. The highest BCUT2D eigenvalue weighted by atomic mass is 19.1. The van der Waals surface area contributed by atoms with Gasteiger partial charge in [-0.3, -0.25) is 4.79 Å². The Labute approximate surface area is 148 Å². The van der Waals surface area contributed by atoms with E-state index in [1.165, 1.54) is 42.5 Å². The van der Waals surface area contributed by atoms with Crippen LogP contribution in [-0.4, -0.2) is 11.9 Å². The molecule has 0 radical (unpaired) electrons. The molecule has 0 atom stereocenters. The van der Waals surface area contributed by atoms with Gasteiger partial charge in [0, 0.05) is 5.56 Å². The normalized spacial score (nSPS) is 10.2. The summed E-state index contributed by atoms with van der Waals surface area (Å²) in [5.74, 6) is -1.94. The number of halogens is 2. The zero-order chi connectivity index (χ0) is 18.5. The first-order chi connectivity index (χ1) is 12.5. The van der Waals surface area contributed by atoms with Gasteiger partial charge in [-0.05, 0) is 60.7 Å². The maximum atomic E-state index is 13.0. The summed E-state index contributed by atoms with van der Waals surface area (Å²) in [6.07, 6.45) is 0. The number of amides is 1. The SMILES string of the molecule is O=C(Nc1ccccc1OC(=O)c1ccc(F)cc1)c1ccc(F)cc1. The Kier molecular flexibility index (Phi) is 5.03. The summed E-state index contributed by atoms with van der Waals surface area (Å²) in [5.41, 5.74) is 0.703. The molecular formula is C20H13F2NO3. The van der Waals surface area contributed by atoms with E-state index >= 15 is 0 Å². The molecule has 3 aromatic rings. The fraction of sp³-hybridized carbons (Fsp3) is 0. The number of hydrogen-bond acceptors (Lipinski definition) is 3. The van der Waals surface area contributed by atoms with Crippen molar-refractivity contribution in [3.8, 4) is 5.75 Å². The largest absolute Gasteiger partial charge is 0.421 e. The molecule has 4 nitrogen and oxygen atoms in total. The van der Waals surface area contributed by atoms with Crippen molar-refractivity contribution in [2.24, 2.45) is 0 Å². The third-order valence-corrected chi connectivity index (χ3v) is 3.52. The number of para-hydroxylation sites is 2. The number of anilines is 1. The highest BCUT2D eigenvalue weighted by Gasteiger charge is 2.14. The second kappa shape index (κ2) is 7.57. The Morgan fingerprint density at radius 1 is 0.731 bits per heavy atom. The van der Waals surface area contributed by atoms with E-state index in [0.717, 1.165) is 12.1 Å². The zero-order valence-corrected chi connectivity index (χ0v) is 13.4. The molecule has 3 aromatic carbocycles. The van der Waals surface area contributed by atoms with Crippen LogP contribution in [0.2, 0.25) is 0 Å². The predicted molar refractivity (Wildman–Crippen MR) is 92.2 cm³/mol. The van der Waals surface area contributed by atoms with Crippen molar-refractivity contribution in [3.63, 3.8) is 0 Å². The van der Waals surface area contributed by atoms with Gasteiger partial charge in [0.05, 0.1) is 11.3 Å². The number of esters is 1. The lowest BCUT2D eigenvalue weighted by molar-refractivity contribution is 0.0734. The molecule has 0 unspecified atom stereocenters. The molecule has 130 valence electrons. The topological polar surface area (TPSA) is 55.4 Å². The van der Waals surface area contributed by atoms with E-state index in [2.05, 4.69) is 5.32 Å². The predicted octanol–water partition coefficient (Wildman–Crippen LogP) is 4.44. The Balaban J connectivity index is 1.77. The van der Waals surface area contributed by atoms with E-state index in [9.17, 15) is 18.4 Å². The molecule has 0 aliphatic heterocycles. The lowest BCUT2D eigenvalue weighted by atomic mass is 10.2. The second-order valence-corrected chi connectivity index (χ2v) is 5.35. The van der Waals surface area contributed by atoms with Gasteiger partial charge in [-0.2, -0.15) is 0 Å². The average molecular weight is 353 g/mol. The summed E-state index contributed by atoms with van der Waals surface area (Å²) < 4.78 is 31.2. The molecule has 1 N–H and O–H groups in total. The first kappa shape index (κ1) is 17.3. The van der Waals surface area contributed by atoms with Crippen molar-refractivity contribution in [1.82, 2.24) is 0 Å². The summed E-state index contributed by atoms with van der Waals surface area (Å²) >= 11 is 0. The molecule has 1 amide bonds. The van der Waals surface area contributed by atoms with Crippen LogP contribution in [0.4, 0.5) is 14.5 Å². The monoisotopic (exact) mass is 353 g/mol. The average Bonchev–Trinajstić information content (AvgIpc) is 2.64. The fourth-order valence-electron chi connectivity index (χ4n) is 2.20. The Hall–Kier alpha value is -3.54. The summed E-state index contributed by atoms with van der Waals surface area (Å²) in [6, 6.07) is 16.3. The minimum Gasteiger partial charge on any atom is -0.421 e. The number of ether oxygens (including phenoxy) is 1. The van der Waals surface area contributed by atoms with Crippen LogP contribution in [0.1, 0.15) is 20.7 Å². The zero-order valence-electron chi connectivity index (χ0n) is 13.4. The Bertz CT molecular complexity index is 860. The molecule has 0 aliphatic carbocycles. The summed E-state index contributed by atoms with van der Waals surface area (Å²) in [6.45, 7) is 0. The third kappa shape index (κ3) is 4.10. The molecular weight excluding hydrogens is 340 g/mol. The smallest absolute Gasteiger partial charge is 0.343 e. The van der Waals surface area contributed by atoms with Crippen LogP contribution in [-0.2, 0) is 0 Å². The molecule has 3 rings (SSSR count). The van der Waals surface area contributed by atoms with E-state index < -0.39 is 23.5 Å². The summed E-state index contributed by atoms with van der Waals surface area (Å²) in [7, 11) is 0. The van der Waals surface area contributed by atoms with E-state index in [4.69, 9.17) is 4.74 Å². The van der Waals surface area contributed by atoms with Crippen molar-refractivity contribution in [3.05, 3.63) is 95.6 Å². The minimum atomic E-state index is -0.687. The second-order valence-electron chi connectivity index (χ2n) is 5.35. The quantitative estimate of drug-likeness (QED) is 0.557. The highest BCUT2D eigenvalue weighted by molar-refractivity contribution is 6.05. The first-order valence-electron chi connectivity index (χ1n) is 7.66. The van der Waals surface area contributed by atoms with Gasteiger partial charge < -0.3 is 10.1 Å². The maximum absolute atomic E-state index is 13.0. The molecule has 0 saturated carbocycles. The number of benzene rings is 3. The molecule has 0 heterocycles. The third-order valence-electron chi connectivity index (χ3n) is 3.52. The number of carbonyl (C=O) groups is 2. The van der Waals surface area contributed by atoms with E-state index in [1.54, 1.807) is 18.2 Å². The van der Waals surface area contributed by atoms with Gasteiger partial charge in [-0.1, -0.05) is 12.1 Å². The van der Waals surface area contributed by atoms with Crippen molar-refractivity contribution in [1.29, 1.82) is 0 Å². The van der Waals surface area contributed by atoms with Gasteiger partial charge >= 0.3 is 5.97 Å². The number of carbonyl (C=O) groups excluding carboxylic acids is 2. The first-order valence-corrected chi connectivity index (χ1v) is 7.66. The Morgan fingerprint density at radius 3 is 1.88 bits per heavy atom. The van der Waals surface area contributed by atoms with Crippen molar-refractivity contribution in [2.75, 3.05) is 5.32 Å². The summed E-state index contributed by atoms with van der Waals surface area (Å²) in [5, 5.41) is 2.61. The molecule has 0 spiro atoms. The number of rotatable bonds is 4. The van der Waals surface area contributed by atoms with E-state index in [0.29, 0.717) is 0 Å². The molecule has 26 heavy (non-hydrogen) atoms. The minimum absolute atomic E-state index is 0.136. The number of hydrogen-bond donors (Lipinski definition) is 1. The van der Waals surface area contributed by atoms with Crippen LogP contribution in [0.15, 0.2) is 72.8 Å². The van der Waals surface area contributed by atoms with Gasteiger partial charge in [-0.15, -0.1) is 0 Å².